The van der Waals surface area contributed by atoms with E-state index in [4.69, 9.17) is 4.74 Å². The van der Waals surface area contributed by atoms with Crippen molar-refractivity contribution in [3.05, 3.63) is 58.1 Å². The fourth-order valence-corrected chi connectivity index (χ4v) is 3.59. The lowest BCUT2D eigenvalue weighted by atomic mass is 10.1. The van der Waals surface area contributed by atoms with E-state index in [1.54, 1.807) is 25.3 Å². The van der Waals surface area contributed by atoms with E-state index in [2.05, 4.69) is 10.6 Å². The molecule has 0 fully saturated rings. The van der Waals surface area contributed by atoms with Crippen molar-refractivity contribution in [3.63, 3.8) is 0 Å². The summed E-state index contributed by atoms with van der Waals surface area (Å²) in [5.74, 6) is -0.668. The summed E-state index contributed by atoms with van der Waals surface area (Å²) in [7, 11) is 1.57. The Hall–Kier alpha value is -3.19. The lowest BCUT2D eigenvalue weighted by Crippen LogP contribution is -2.31. The van der Waals surface area contributed by atoms with Crippen molar-refractivity contribution >= 4 is 29.2 Å². The Morgan fingerprint density at radius 2 is 1.62 bits per heavy atom. The highest BCUT2D eigenvalue weighted by Crippen LogP contribution is 2.27. The van der Waals surface area contributed by atoms with Crippen LogP contribution in [0.3, 0.4) is 0 Å². The van der Waals surface area contributed by atoms with Gasteiger partial charge in [-0.3, -0.25) is 14.5 Å². The van der Waals surface area contributed by atoms with E-state index in [1.807, 2.05) is 32.9 Å². The zero-order valence-corrected chi connectivity index (χ0v) is 17.1. The highest BCUT2D eigenvalue weighted by Gasteiger charge is 2.35. The Kier molecular flexibility index (Phi) is 5.98. The van der Waals surface area contributed by atoms with Crippen LogP contribution in [0, 0.1) is 20.8 Å². The highest BCUT2D eigenvalue weighted by molar-refractivity contribution is 6.22. The molecule has 0 atom stereocenters. The molecule has 0 saturated carbocycles. The minimum atomic E-state index is -0.409. The molecule has 0 bridgehead atoms. The van der Waals surface area contributed by atoms with E-state index in [0.717, 1.165) is 22.4 Å². The lowest BCUT2D eigenvalue weighted by molar-refractivity contribution is 0.0638. The molecule has 0 aromatic heterocycles. The van der Waals surface area contributed by atoms with Gasteiger partial charge in [0, 0.05) is 31.6 Å². The van der Waals surface area contributed by atoms with Crippen molar-refractivity contribution < 1.29 is 19.1 Å². The van der Waals surface area contributed by atoms with E-state index in [0.29, 0.717) is 36.4 Å². The molecular formula is C22H25N3O4. The first-order valence-corrected chi connectivity index (χ1v) is 9.47. The molecule has 0 saturated heterocycles. The number of methoxy groups -OCH3 is 1. The van der Waals surface area contributed by atoms with E-state index >= 15 is 0 Å². The van der Waals surface area contributed by atoms with E-state index < -0.39 is 6.03 Å². The van der Waals surface area contributed by atoms with E-state index in [9.17, 15) is 14.4 Å². The standard InChI is InChI=1S/C22H25N3O4/c1-13-10-14(2)19(15(3)11-13)24-22(28)23-16-6-7-17-18(12-16)21(27)25(20(17)26)8-5-9-29-4/h6-7,10-12H,5,8-9H2,1-4H3,(H2,23,24,28). The van der Waals surface area contributed by atoms with Gasteiger partial charge in [0.25, 0.3) is 11.8 Å². The molecule has 152 valence electrons. The number of benzene rings is 2. The minimum Gasteiger partial charge on any atom is -0.385 e. The summed E-state index contributed by atoms with van der Waals surface area (Å²) in [4.78, 5) is 38.7. The number of nitrogens with zero attached hydrogens (tertiary/aromatic N) is 1. The summed E-state index contributed by atoms with van der Waals surface area (Å²) in [6, 6.07) is 8.33. The molecule has 1 aliphatic heterocycles. The Bertz CT molecular complexity index is 961. The van der Waals surface area contributed by atoms with Gasteiger partial charge in [0.2, 0.25) is 0 Å². The van der Waals surface area contributed by atoms with Crippen LogP contribution < -0.4 is 10.6 Å². The van der Waals surface area contributed by atoms with Crippen LogP contribution in [0.4, 0.5) is 16.2 Å². The van der Waals surface area contributed by atoms with Crippen molar-refractivity contribution in [2.75, 3.05) is 30.9 Å². The van der Waals surface area contributed by atoms with Crippen molar-refractivity contribution in [2.24, 2.45) is 0 Å². The highest BCUT2D eigenvalue weighted by atomic mass is 16.5. The van der Waals surface area contributed by atoms with Gasteiger partial charge in [0.1, 0.15) is 0 Å². The number of imide groups is 1. The van der Waals surface area contributed by atoms with Gasteiger partial charge in [-0.1, -0.05) is 17.7 Å². The van der Waals surface area contributed by atoms with Crippen molar-refractivity contribution in [2.45, 2.75) is 27.2 Å². The Labute approximate surface area is 170 Å². The molecule has 7 nitrogen and oxygen atoms in total. The summed E-state index contributed by atoms with van der Waals surface area (Å²) in [6.07, 6.45) is 0.574. The third kappa shape index (κ3) is 4.30. The van der Waals surface area contributed by atoms with Gasteiger partial charge in [0.05, 0.1) is 11.1 Å². The molecule has 2 N–H and O–H groups in total. The maximum Gasteiger partial charge on any atom is 0.323 e. The second kappa shape index (κ2) is 8.45. The molecule has 0 aliphatic carbocycles. The molecular weight excluding hydrogens is 370 g/mol. The first-order valence-electron chi connectivity index (χ1n) is 9.47. The quantitative estimate of drug-likeness (QED) is 0.574. The number of urea groups is 1. The fourth-order valence-electron chi connectivity index (χ4n) is 3.59. The molecule has 4 amide bonds. The molecule has 29 heavy (non-hydrogen) atoms. The number of fused-ring (bicyclic) bond motifs is 1. The first kappa shape index (κ1) is 20.5. The number of carbonyl (C=O) groups excluding carboxylic acids is 3. The zero-order chi connectivity index (χ0) is 21.1. The molecule has 1 heterocycles. The van der Waals surface area contributed by atoms with Crippen LogP contribution in [-0.2, 0) is 4.74 Å². The number of hydrogen-bond acceptors (Lipinski definition) is 4. The van der Waals surface area contributed by atoms with Crippen LogP contribution in [0.25, 0.3) is 0 Å². The third-order valence-electron chi connectivity index (χ3n) is 4.87. The molecule has 1 aliphatic rings. The summed E-state index contributed by atoms with van der Waals surface area (Å²) < 4.78 is 4.98. The summed E-state index contributed by atoms with van der Waals surface area (Å²) in [5, 5.41) is 5.60. The van der Waals surface area contributed by atoms with E-state index in [1.165, 1.54) is 4.90 Å². The molecule has 2 aromatic rings. The number of anilines is 2. The zero-order valence-electron chi connectivity index (χ0n) is 17.1. The first-order chi connectivity index (χ1) is 13.8. The van der Waals surface area contributed by atoms with Gasteiger partial charge in [-0.25, -0.2) is 4.79 Å². The molecule has 0 radical (unpaired) electrons. The lowest BCUT2D eigenvalue weighted by Gasteiger charge is -2.14. The topological polar surface area (TPSA) is 87.7 Å². The molecule has 0 unspecified atom stereocenters. The maximum atomic E-state index is 12.6. The van der Waals surface area contributed by atoms with Crippen molar-refractivity contribution in [3.8, 4) is 0 Å². The summed E-state index contributed by atoms with van der Waals surface area (Å²) >= 11 is 0. The van der Waals surface area contributed by atoms with Crippen molar-refractivity contribution in [1.82, 2.24) is 4.90 Å². The Balaban J connectivity index is 1.72. The third-order valence-corrected chi connectivity index (χ3v) is 4.87. The number of ether oxygens (including phenoxy) is 1. The Morgan fingerprint density at radius 1 is 0.966 bits per heavy atom. The van der Waals surface area contributed by atoms with Crippen LogP contribution in [0.5, 0.6) is 0 Å². The molecule has 7 heteroatoms. The number of rotatable bonds is 6. The van der Waals surface area contributed by atoms with Crippen LogP contribution in [0.2, 0.25) is 0 Å². The average Bonchev–Trinajstić information content (AvgIpc) is 2.89. The minimum absolute atomic E-state index is 0.299. The molecule has 0 spiro atoms. The van der Waals surface area contributed by atoms with Crippen LogP contribution in [0.1, 0.15) is 43.8 Å². The second-order valence-corrected chi connectivity index (χ2v) is 7.22. The monoisotopic (exact) mass is 395 g/mol. The fraction of sp³-hybridized carbons (Fsp3) is 0.318. The van der Waals surface area contributed by atoms with Crippen LogP contribution >= 0.6 is 0 Å². The van der Waals surface area contributed by atoms with Crippen LogP contribution in [-0.4, -0.2) is 43.0 Å². The molecule has 2 aromatic carbocycles. The maximum absolute atomic E-state index is 12.6. The van der Waals surface area contributed by atoms with Gasteiger partial charge >= 0.3 is 6.03 Å². The summed E-state index contributed by atoms with van der Waals surface area (Å²) in [6.45, 7) is 6.65. The smallest absolute Gasteiger partial charge is 0.323 e. The number of nitrogens with one attached hydrogen (secondary N) is 2. The van der Waals surface area contributed by atoms with Gasteiger partial charge in [0.15, 0.2) is 0 Å². The van der Waals surface area contributed by atoms with Crippen molar-refractivity contribution in [1.29, 1.82) is 0 Å². The molecule has 3 rings (SSSR count). The number of aryl methyl sites for hydroxylation is 3. The van der Waals surface area contributed by atoms with Gasteiger partial charge in [-0.15, -0.1) is 0 Å². The Morgan fingerprint density at radius 3 is 2.28 bits per heavy atom. The number of amides is 4. The van der Waals surface area contributed by atoms with E-state index in [-0.39, 0.29) is 11.8 Å². The number of hydrogen-bond donors (Lipinski definition) is 2. The normalized spacial score (nSPS) is 12.9. The SMILES string of the molecule is COCCCN1C(=O)c2ccc(NC(=O)Nc3c(C)cc(C)cc3C)cc2C1=O. The second-order valence-electron chi connectivity index (χ2n) is 7.22. The van der Waals surface area contributed by atoms with Crippen LogP contribution in [0.15, 0.2) is 30.3 Å². The average molecular weight is 395 g/mol. The predicted octanol–water partition coefficient (Wildman–Crippen LogP) is 3.89. The predicted molar refractivity (Wildman–Crippen MR) is 112 cm³/mol. The summed E-state index contributed by atoms with van der Waals surface area (Å²) in [5.41, 5.74) is 4.92. The van der Waals surface area contributed by atoms with Gasteiger partial charge in [-0.05, 0) is 56.5 Å². The van der Waals surface area contributed by atoms with Gasteiger partial charge < -0.3 is 15.4 Å². The number of carbonyl (C=O) groups is 3. The van der Waals surface area contributed by atoms with Gasteiger partial charge in [-0.2, -0.15) is 0 Å². The largest absolute Gasteiger partial charge is 0.385 e.